The SMILES string of the molecule is CS(=O)(=O)N[C@H]1[C@@H](F)CN(C(=O)C2CC2)[C@H]1Cc1cccc(-c2ccccc2)c1F. The average Bonchev–Trinajstić information content (AvgIpc) is 3.50. The molecule has 2 aromatic rings. The van der Waals surface area contributed by atoms with Crippen LogP contribution in [0.15, 0.2) is 48.5 Å². The first-order valence-electron chi connectivity index (χ1n) is 9.99. The molecule has 1 saturated heterocycles. The van der Waals surface area contributed by atoms with Gasteiger partial charge in [-0.25, -0.2) is 21.9 Å². The second-order valence-electron chi connectivity index (χ2n) is 8.11. The first-order valence-corrected chi connectivity index (χ1v) is 11.9. The van der Waals surface area contributed by atoms with E-state index in [0.29, 0.717) is 16.7 Å². The second kappa shape index (κ2) is 8.07. The Morgan fingerprint density at radius 2 is 1.83 bits per heavy atom. The minimum Gasteiger partial charge on any atom is -0.334 e. The molecule has 2 aromatic carbocycles. The maximum atomic E-state index is 15.3. The van der Waals surface area contributed by atoms with Crippen LogP contribution in [0.4, 0.5) is 8.78 Å². The number of hydrogen-bond acceptors (Lipinski definition) is 3. The van der Waals surface area contributed by atoms with Gasteiger partial charge in [-0.05, 0) is 30.4 Å². The van der Waals surface area contributed by atoms with Crippen molar-refractivity contribution in [3.05, 3.63) is 59.9 Å². The zero-order valence-corrected chi connectivity index (χ0v) is 17.4. The fourth-order valence-corrected chi connectivity index (χ4v) is 4.93. The van der Waals surface area contributed by atoms with Gasteiger partial charge in [0.1, 0.15) is 12.0 Å². The van der Waals surface area contributed by atoms with Crippen LogP contribution in [0, 0.1) is 11.7 Å². The van der Waals surface area contributed by atoms with Gasteiger partial charge in [0, 0.05) is 11.5 Å². The number of hydrogen-bond donors (Lipinski definition) is 1. The molecule has 1 N–H and O–H groups in total. The minimum atomic E-state index is -3.70. The molecule has 0 aromatic heterocycles. The number of alkyl halides is 1. The lowest BCUT2D eigenvalue weighted by Gasteiger charge is -2.28. The van der Waals surface area contributed by atoms with Crippen molar-refractivity contribution in [1.29, 1.82) is 0 Å². The molecular formula is C22H24F2N2O3S. The van der Waals surface area contributed by atoms with E-state index in [2.05, 4.69) is 4.72 Å². The predicted molar refractivity (Wildman–Crippen MR) is 110 cm³/mol. The maximum absolute atomic E-state index is 15.3. The predicted octanol–water partition coefficient (Wildman–Crippen LogP) is 2.91. The van der Waals surface area contributed by atoms with Crippen molar-refractivity contribution >= 4 is 15.9 Å². The Labute approximate surface area is 175 Å². The summed E-state index contributed by atoms with van der Waals surface area (Å²) < 4.78 is 56.1. The number of carbonyl (C=O) groups excluding carboxylic acids is 1. The number of halogens is 2. The summed E-state index contributed by atoms with van der Waals surface area (Å²) in [7, 11) is -3.70. The van der Waals surface area contributed by atoms with E-state index < -0.39 is 34.1 Å². The van der Waals surface area contributed by atoms with E-state index in [1.165, 1.54) is 4.90 Å². The van der Waals surface area contributed by atoms with Crippen LogP contribution >= 0.6 is 0 Å². The molecule has 4 rings (SSSR count). The van der Waals surface area contributed by atoms with E-state index in [1.807, 2.05) is 18.2 Å². The molecule has 160 valence electrons. The standard InChI is InChI=1S/C22H24F2N2O3S/c1-30(28,29)25-21-18(23)13-26(22(27)15-10-11-15)19(21)12-16-8-5-9-17(20(16)24)14-6-3-2-4-7-14/h2-9,15,18-19,21,25H,10-13H2,1H3/t18-,19-,21-/m0/s1. The molecule has 0 radical (unpaired) electrons. The molecule has 8 heteroatoms. The number of nitrogens with zero attached hydrogens (tertiary/aromatic N) is 1. The zero-order valence-electron chi connectivity index (χ0n) is 16.6. The summed E-state index contributed by atoms with van der Waals surface area (Å²) in [5, 5.41) is 0. The van der Waals surface area contributed by atoms with Crippen molar-refractivity contribution in [1.82, 2.24) is 9.62 Å². The number of rotatable bonds is 6. The van der Waals surface area contributed by atoms with Crippen molar-refractivity contribution in [2.45, 2.75) is 37.5 Å². The first kappa shape index (κ1) is 20.9. The highest BCUT2D eigenvalue weighted by Gasteiger charge is 2.48. The number of likely N-dealkylation sites (tertiary alicyclic amines) is 1. The average molecular weight is 435 g/mol. The lowest BCUT2D eigenvalue weighted by Crippen LogP contribution is -2.49. The van der Waals surface area contributed by atoms with Gasteiger partial charge in [-0.1, -0.05) is 48.5 Å². The van der Waals surface area contributed by atoms with Gasteiger partial charge < -0.3 is 4.90 Å². The maximum Gasteiger partial charge on any atom is 0.226 e. The Hall–Kier alpha value is -2.32. The quantitative estimate of drug-likeness (QED) is 0.760. The Morgan fingerprint density at radius 3 is 2.47 bits per heavy atom. The molecule has 1 aliphatic carbocycles. The van der Waals surface area contributed by atoms with Gasteiger partial charge in [0.2, 0.25) is 15.9 Å². The van der Waals surface area contributed by atoms with Gasteiger partial charge in [-0.2, -0.15) is 0 Å². The van der Waals surface area contributed by atoms with Crippen molar-refractivity contribution in [2.24, 2.45) is 5.92 Å². The van der Waals surface area contributed by atoms with Crippen LogP contribution in [0.3, 0.4) is 0 Å². The summed E-state index contributed by atoms with van der Waals surface area (Å²) >= 11 is 0. The summed E-state index contributed by atoms with van der Waals surface area (Å²) in [5.74, 6) is -0.764. The summed E-state index contributed by atoms with van der Waals surface area (Å²) in [6, 6.07) is 12.2. The molecule has 1 saturated carbocycles. The molecule has 2 fully saturated rings. The minimum absolute atomic E-state index is 0.0264. The van der Waals surface area contributed by atoms with Gasteiger partial charge in [0.25, 0.3) is 0 Å². The molecule has 30 heavy (non-hydrogen) atoms. The largest absolute Gasteiger partial charge is 0.334 e. The number of benzene rings is 2. The highest BCUT2D eigenvalue weighted by molar-refractivity contribution is 7.88. The monoisotopic (exact) mass is 434 g/mol. The summed E-state index contributed by atoms with van der Waals surface area (Å²) in [6.45, 7) is -0.187. The van der Waals surface area contributed by atoms with E-state index in [1.54, 1.807) is 30.3 Å². The fraction of sp³-hybridized carbons (Fsp3) is 0.409. The molecule has 0 spiro atoms. The summed E-state index contributed by atoms with van der Waals surface area (Å²) in [6.07, 6.45) is 0.937. The van der Waals surface area contributed by atoms with E-state index in [9.17, 15) is 17.6 Å². The third-order valence-corrected chi connectivity index (χ3v) is 6.43. The first-order chi connectivity index (χ1) is 14.2. The van der Waals surface area contributed by atoms with Gasteiger partial charge in [-0.15, -0.1) is 0 Å². The van der Waals surface area contributed by atoms with E-state index in [-0.39, 0.29) is 24.8 Å². The molecule has 1 amide bonds. The van der Waals surface area contributed by atoms with Crippen molar-refractivity contribution in [3.8, 4) is 11.1 Å². The van der Waals surface area contributed by atoms with Crippen LogP contribution in [0.5, 0.6) is 0 Å². The van der Waals surface area contributed by atoms with E-state index >= 15 is 4.39 Å². The van der Waals surface area contributed by atoms with Crippen LogP contribution in [0.2, 0.25) is 0 Å². The Kier molecular flexibility index (Phi) is 5.63. The van der Waals surface area contributed by atoms with Crippen molar-refractivity contribution < 1.29 is 22.0 Å². The fourth-order valence-electron chi connectivity index (χ4n) is 4.13. The highest BCUT2D eigenvalue weighted by atomic mass is 32.2. The zero-order chi connectivity index (χ0) is 21.5. The van der Waals surface area contributed by atoms with Crippen LogP contribution < -0.4 is 4.72 Å². The molecule has 1 aliphatic heterocycles. The number of carbonyl (C=O) groups is 1. The van der Waals surface area contributed by atoms with Crippen LogP contribution in [0.1, 0.15) is 18.4 Å². The molecule has 1 heterocycles. The van der Waals surface area contributed by atoms with Gasteiger partial charge in [0.05, 0.1) is 24.9 Å². The number of amides is 1. The molecular weight excluding hydrogens is 410 g/mol. The lowest BCUT2D eigenvalue weighted by atomic mass is 9.95. The smallest absolute Gasteiger partial charge is 0.226 e. The summed E-state index contributed by atoms with van der Waals surface area (Å²) in [5.41, 5.74) is 1.45. The molecule has 5 nitrogen and oxygen atoms in total. The normalized spacial score (nSPS) is 24.2. The third kappa shape index (κ3) is 4.39. The van der Waals surface area contributed by atoms with Crippen molar-refractivity contribution in [3.63, 3.8) is 0 Å². The van der Waals surface area contributed by atoms with Gasteiger partial charge >= 0.3 is 0 Å². The van der Waals surface area contributed by atoms with Gasteiger partial charge in [0.15, 0.2) is 0 Å². The summed E-state index contributed by atoms with van der Waals surface area (Å²) in [4.78, 5) is 14.1. The molecule has 3 atom stereocenters. The third-order valence-electron chi connectivity index (χ3n) is 5.73. The Balaban J connectivity index is 1.67. The van der Waals surface area contributed by atoms with Crippen molar-refractivity contribution in [2.75, 3.05) is 12.8 Å². The molecule has 2 aliphatic rings. The van der Waals surface area contributed by atoms with E-state index in [0.717, 1.165) is 19.1 Å². The van der Waals surface area contributed by atoms with Gasteiger partial charge in [-0.3, -0.25) is 4.79 Å². The lowest BCUT2D eigenvalue weighted by molar-refractivity contribution is -0.133. The van der Waals surface area contributed by atoms with E-state index in [4.69, 9.17) is 0 Å². The van der Waals surface area contributed by atoms with Crippen LogP contribution in [-0.2, 0) is 21.2 Å². The number of nitrogens with one attached hydrogen (secondary N) is 1. The molecule has 0 unspecified atom stereocenters. The topological polar surface area (TPSA) is 66.5 Å². The Morgan fingerprint density at radius 1 is 1.13 bits per heavy atom. The Bertz CT molecular complexity index is 1040. The second-order valence-corrected chi connectivity index (χ2v) is 9.89. The van der Waals surface area contributed by atoms with Crippen LogP contribution in [0.25, 0.3) is 11.1 Å². The molecule has 0 bridgehead atoms. The number of sulfonamides is 1. The van der Waals surface area contributed by atoms with Crippen LogP contribution in [-0.4, -0.2) is 50.3 Å². The highest BCUT2D eigenvalue weighted by Crippen LogP contribution is 2.36.